The van der Waals surface area contributed by atoms with Gasteiger partial charge in [0.25, 0.3) is 0 Å². The fourth-order valence-electron chi connectivity index (χ4n) is 2.65. The van der Waals surface area contributed by atoms with Crippen LogP contribution in [0.25, 0.3) is 0 Å². The molecule has 0 atom stereocenters. The number of nitrogens with zero attached hydrogens (tertiary/aromatic N) is 2. The second-order valence-corrected chi connectivity index (χ2v) is 6.70. The molecule has 1 aromatic carbocycles. The molecule has 2 fully saturated rings. The summed E-state index contributed by atoms with van der Waals surface area (Å²) in [7, 11) is 0. The van der Waals surface area contributed by atoms with E-state index in [0.29, 0.717) is 32.6 Å². The van der Waals surface area contributed by atoms with E-state index < -0.39 is 0 Å². The van der Waals surface area contributed by atoms with Crippen molar-refractivity contribution in [2.45, 2.75) is 19.3 Å². The summed E-state index contributed by atoms with van der Waals surface area (Å²) in [6, 6.07) is 7.84. The third-order valence-corrected chi connectivity index (χ3v) is 4.67. The lowest BCUT2D eigenvalue weighted by atomic mass is 10.1. The van der Waals surface area contributed by atoms with Crippen LogP contribution >= 0.6 is 15.9 Å². The Balaban J connectivity index is 1.50. The van der Waals surface area contributed by atoms with E-state index in [2.05, 4.69) is 15.9 Å². The van der Waals surface area contributed by atoms with Crippen LogP contribution in [0.5, 0.6) is 0 Å². The molecule has 1 saturated carbocycles. The van der Waals surface area contributed by atoms with Crippen molar-refractivity contribution in [2.24, 2.45) is 5.92 Å². The van der Waals surface area contributed by atoms with Gasteiger partial charge in [-0.1, -0.05) is 28.1 Å². The highest BCUT2D eigenvalue weighted by molar-refractivity contribution is 9.10. The topological polar surface area (TPSA) is 40.6 Å². The summed E-state index contributed by atoms with van der Waals surface area (Å²) >= 11 is 3.39. The quantitative estimate of drug-likeness (QED) is 0.837. The van der Waals surface area contributed by atoms with Gasteiger partial charge in [0, 0.05) is 36.6 Å². The van der Waals surface area contributed by atoms with Crippen LogP contribution in [0.1, 0.15) is 18.4 Å². The molecule has 0 aromatic heterocycles. The van der Waals surface area contributed by atoms with Crippen molar-refractivity contribution < 1.29 is 9.59 Å². The van der Waals surface area contributed by atoms with Gasteiger partial charge in [0.15, 0.2) is 0 Å². The predicted molar refractivity (Wildman–Crippen MR) is 83.7 cm³/mol. The Bertz CT molecular complexity index is 532. The fourth-order valence-corrected chi connectivity index (χ4v) is 2.92. The molecule has 0 N–H and O–H groups in total. The summed E-state index contributed by atoms with van der Waals surface area (Å²) in [5.41, 5.74) is 1.03. The van der Waals surface area contributed by atoms with Crippen molar-refractivity contribution in [1.29, 1.82) is 0 Å². The maximum Gasteiger partial charge on any atom is 0.227 e. The van der Waals surface area contributed by atoms with Gasteiger partial charge in [0.1, 0.15) is 0 Å². The minimum Gasteiger partial charge on any atom is -0.339 e. The van der Waals surface area contributed by atoms with Crippen molar-refractivity contribution in [3.63, 3.8) is 0 Å². The van der Waals surface area contributed by atoms with Gasteiger partial charge in [-0.25, -0.2) is 0 Å². The molecule has 0 spiro atoms. The highest BCUT2D eigenvalue weighted by Gasteiger charge is 2.35. The first-order valence-corrected chi connectivity index (χ1v) is 8.24. The summed E-state index contributed by atoms with van der Waals surface area (Å²) in [6.07, 6.45) is 2.52. The number of benzene rings is 1. The van der Waals surface area contributed by atoms with Crippen molar-refractivity contribution in [3.8, 4) is 0 Å². The fraction of sp³-hybridized carbons (Fsp3) is 0.500. The van der Waals surface area contributed by atoms with Crippen molar-refractivity contribution in [1.82, 2.24) is 9.80 Å². The molecule has 1 aliphatic heterocycles. The first-order chi connectivity index (χ1) is 10.1. The van der Waals surface area contributed by atoms with E-state index >= 15 is 0 Å². The Morgan fingerprint density at radius 3 is 2.14 bits per heavy atom. The lowest BCUT2D eigenvalue weighted by Crippen LogP contribution is -2.51. The van der Waals surface area contributed by atoms with E-state index in [1.54, 1.807) is 0 Å². The second-order valence-electron chi connectivity index (χ2n) is 5.78. The lowest BCUT2D eigenvalue weighted by molar-refractivity contribution is -0.140. The van der Waals surface area contributed by atoms with Crippen LogP contribution < -0.4 is 0 Å². The number of halogens is 1. The van der Waals surface area contributed by atoms with E-state index in [9.17, 15) is 9.59 Å². The highest BCUT2D eigenvalue weighted by atomic mass is 79.9. The summed E-state index contributed by atoms with van der Waals surface area (Å²) in [4.78, 5) is 28.1. The van der Waals surface area contributed by atoms with E-state index in [1.165, 1.54) is 0 Å². The largest absolute Gasteiger partial charge is 0.339 e. The van der Waals surface area contributed by atoms with Crippen LogP contribution in [-0.4, -0.2) is 47.8 Å². The Hall–Kier alpha value is -1.36. The van der Waals surface area contributed by atoms with Crippen molar-refractivity contribution in [2.75, 3.05) is 26.2 Å². The normalized spacial score (nSPS) is 18.7. The number of amides is 2. The zero-order valence-corrected chi connectivity index (χ0v) is 13.5. The van der Waals surface area contributed by atoms with Gasteiger partial charge in [-0.05, 0) is 30.5 Å². The maximum atomic E-state index is 12.3. The molecule has 1 aromatic rings. The van der Waals surface area contributed by atoms with Crippen LogP contribution in [0.2, 0.25) is 0 Å². The Labute approximate surface area is 133 Å². The zero-order chi connectivity index (χ0) is 14.8. The van der Waals surface area contributed by atoms with Gasteiger partial charge in [-0.2, -0.15) is 0 Å². The zero-order valence-electron chi connectivity index (χ0n) is 11.9. The number of piperazine rings is 1. The van der Waals surface area contributed by atoms with Crippen LogP contribution in [0.15, 0.2) is 28.7 Å². The highest BCUT2D eigenvalue weighted by Crippen LogP contribution is 2.31. The predicted octanol–water partition coefficient (Wildman–Crippen LogP) is 2.07. The third-order valence-electron chi connectivity index (χ3n) is 4.14. The van der Waals surface area contributed by atoms with Gasteiger partial charge >= 0.3 is 0 Å². The number of hydrogen-bond acceptors (Lipinski definition) is 2. The lowest BCUT2D eigenvalue weighted by Gasteiger charge is -2.35. The molecule has 0 unspecified atom stereocenters. The minimum atomic E-state index is 0.149. The molecule has 1 aliphatic carbocycles. The molecule has 0 radical (unpaired) electrons. The standard InChI is InChI=1S/C16H19BrN2O2/c17-14-5-1-12(2-6-14)11-15(20)18-7-9-19(10-8-18)16(21)13-3-4-13/h1-2,5-6,13H,3-4,7-11H2. The number of hydrogen-bond donors (Lipinski definition) is 0. The van der Waals surface area contributed by atoms with Crippen LogP contribution in [0.4, 0.5) is 0 Å². The molecule has 2 aliphatic rings. The summed E-state index contributed by atoms with van der Waals surface area (Å²) in [6.45, 7) is 2.68. The Kier molecular flexibility index (Phi) is 4.29. The molecule has 1 saturated heterocycles. The van der Waals surface area contributed by atoms with E-state index in [4.69, 9.17) is 0 Å². The van der Waals surface area contributed by atoms with E-state index in [1.807, 2.05) is 34.1 Å². The van der Waals surface area contributed by atoms with Gasteiger partial charge < -0.3 is 9.80 Å². The Morgan fingerprint density at radius 2 is 1.57 bits per heavy atom. The van der Waals surface area contributed by atoms with Gasteiger partial charge in [-0.15, -0.1) is 0 Å². The average molecular weight is 351 g/mol. The summed E-state index contributed by atoms with van der Waals surface area (Å²) in [5, 5.41) is 0. The van der Waals surface area contributed by atoms with Crippen LogP contribution in [0.3, 0.4) is 0 Å². The molecule has 4 nitrogen and oxygen atoms in total. The van der Waals surface area contributed by atoms with E-state index in [0.717, 1.165) is 22.9 Å². The first-order valence-electron chi connectivity index (χ1n) is 7.44. The van der Waals surface area contributed by atoms with Gasteiger partial charge in [0.2, 0.25) is 11.8 Å². The third kappa shape index (κ3) is 3.64. The van der Waals surface area contributed by atoms with Crippen LogP contribution in [-0.2, 0) is 16.0 Å². The average Bonchev–Trinajstić information content (AvgIpc) is 3.34. The molecule has 3 rings (SSSR count). The van der Waals surface area contributed by atoms with Gasteiger partial charge in [-0.3, -0.25) is 9.59 Å². The SMILES string of the molecule is O=C(Cc1ccc(Br)cc1)N1CCN(C(=O)C2CC2)CC1. The molecule has 1 heterocycles. The number of carbonyl (C=O) groups is 2. The Morgan fingerprint density at radius 1 is 1.00 bits per heavy atom. The summed E-state index contributed by atoms with van der Waals surface area (Å²) < 4.78 is 1.02. The molecular formula is C16H19BrN2O2. The molecule has 2 amide bonds. The van der Waals surface area contributed by atoms with Gasteiger partial charge in [0.05, 0.1) is 6.42 Å². The molecule has 21 heavy (non-hydrogen) atoms. The smallest absolute Gasteiger partial charge is 0.227 e. The maximum absolute atomic E-state index is 12.3. The van der Waals surface area contributed by atoms with Crippen molar-refractivity contribution in [3.05, 3.63) is 34.3 Å². The number of rotatable bonds is 3. The molecule has 112 valence electrons. The van der Waals surface area contributed by atoms with Crippen LogP contribution in [0, 0.1) is 5.92 Å². The summed E-state index contributed by atoms with van der Waals surface area (Å²) in [5.74, 6) is 0.709. The molecular weight excluding hydrogens is 332 g/mol. The molecule has 5 heteroatoms. The monoisotopic (exact) mass is 350 g/mol. The first kappa shape index (κ1) is 14.6. The second kappa shape index (κ2) is 6.18. The molecule has 0 bridgehead atoms. The van der Waals surface area contributed by atoms with Crippen molar-refractivity contribution >= 4 is 27.7 Å². The van der Waals surface area contributed by atoms with E-state index in [-0.39, 0.29) is 17.7 Å². The minimum absolute atomic E-state index is 0.149. The number of carbonyl (C=O) groups excluding carboxylic acids is 2.